The second kappa shape index (κ2) is 6.03. The summed E-state index contributed by atoms with van der Waals surface area (Å²) in [4.78, 5) is 17.4. The van der Waals surface area contributed by atoms with E-state index in [1.165, 1.54) is 58.0 Å². The predicted molar refractivity (Wildman–Crippen MR) is 92.3 cm³/mol. The number of hydrogen-bond acceptors (Lipinski definition) is 3. The van der Waals surface area contributed by atoms with Crippen molar-refractivity contribution in [2.75, 3.05) is 39.8 Å². The van der Waals surface area contributed by atoms with Crippen LogP contribution in [0.5, 0.6) is 0 Å². The van der Waals surface area contributed by atoms with Gasteiger partial charge in [0, 0.05) is 26.2 Å². The third-order valence-electron chi connectivity index (χ3n) is 7.53. The van der Waals surface area contributed by atoms with E-state index < -0.39 is 0 Å². The Bertz CT molecular complexity index is 450. The van der Waals surface area contributed by atoms with Gasteiger partial charge >= 0.3 is 0 Å². The van der Waals surface area contributed by atoms with Gasteiger partial charge < -0.3 is 10.2 Å². The third-order valence-corrected chi connectivity index (χ3v) is 7.53. The average Bonchev–Trinajstić information content (AvgIpc) is 2.99. The molecular formula is C19H33N3O. The van der Waals surface area contributed by atoms with Gasteiger partial charge in [0.25, 0.3) is 0 Å². The van der Waals surface area contributed by atoms with Crippen molar-refractivity contribution >= 4 is 5.91 Å². The molecule has 4 aliphatic rings. The molecule has 0 bridgehead atoms. The lowest BCUT2D eigenvalue weighted by Crippen LogP contribution is -2.49. The highest BCUT2D eigenvalue weighted by atomic mass is 16.2. The van der Waals surface area contributed by atoms with Gasteiger partial charge in [-0.2, -0.15) is 0 Å². The lowest BCUT2D eigenvalue weighted by molar-refractivity contribution is -0.144. The van der Waals surface area contributed by atoms with E-state index in [0.29, 0.717) is 11.3 Å². The van der Waals surface area contributed by atoms with Gasteiger partial charge in [0.05, 0.1) is 5.41 Å². The molecule has 3 saturated heterocycles. The molecule has 3 aliphatic heterocycles. The van der Waals surface area contributed by atoms with Crippen molar-refractivity contribution < 1.29 is 4.79 Å². The molecular weight excluding hydrogens is 286 g/mol. The minimum Gasteiger partial charge on any atom is -0.345 e. The average molecular weight is 319 g/mol. The molecule has 1 N–H and O–H groups in total. The molecule has 0 radical (unpaired) electrons. The van der Waals surface area contributed by atoms with E-state index in [-0.39, 0.29) is 5.41 Å². The van der Waals surface area contributed by atoms with E-state index in [9.17, 15) is 4.79 Å². The van der Waals surface area contributed by atoms with Crippen molar-refractivity contribution in [2.24, 2.45) is 10.8 Å². The van der Waals surface area contributed by atoms with Crippen LogP contribution in [-0.4, -0.2) is 61.5 Å². The molecule has 130 valence electrons. The summed E-state index contributed by atoms with van der Waals surface area (Å²) in [6, 6.07) is 0.745. The van der Waals surface area contributed by atoms with Crippen molar-refractivity contribution in [3.05, 3.63) is 0 Å². The second-order valence-electron chi connectivity index (χ2n) is 8.81. The zero-order valence-corrected chi connectivity index (χ0v) is 14.8. The minimum atomic E-state index is -0.0309. The summed E-state index contributed by atoms with van der Waals surface area (Å²) in [6.07, 6.45) is 11.7. The number of nitrogens with zero attached hydrogens (tertiary/aromatic N) is 2. The van der Waals surface area contributed by atoms with Gasteiger partial charge in [-0.15, -0.1) is 0 Å². The van der Waals surface area contributed by atoms with Crippen molar-refractivity contribution in [1.82, 2.24) is 15.1 Å². The van der Waals surface area contributed by atoms with Crippen LogP contribution in [0, 0.1) is 10.8 Å². The van der Waals surface area contributed by atoms with Crippen LogP contribution < -0.4 is 5.32 Å². The molecule has 4 rings (SSSR count). The van der Waals surface area contributed by atoms with Crippen LogP contribution in [0.1, 0.15) is 57.8 Å². The van der Waals surface area contributed by atoms with Gasteiger partial charge in [0.2, 0.25) is 5.91 Å². The van der Waals surface area contributed by atoms with E-state index in [0.717, 1.165) is 38.5 Å². The largest absolute Gasteiger partial charge is 0.345 e. The zero-order chi connectivity index (χ0) is 15.9. The Morgan fingerprint density at radius 2 is 1.74 bits per heavy atom. The summed E-state index contributed by atoms with van der Waals surface area (Å²) in [7, 11) is 1.99. The van der Waals surface area contributed by atoms with Crippen molar-refractivity contribution in [3.8, 4) is 0 Å². The Morgan fingerprint density at radius 3 is 2.48 bits per heavy atom. The summed E-state index contributed by atoms with van der Waals surface area (Å²) in [5.41, 5.74) is 0.622. The highest BCUT2D eigenvalue weighted by molar-refractivity contribution is 5.83. The zero-order valence-electron chi connectivity index (χ0n) is 14.8. The van der Waals surface area contributed by atoms with E-state index in [1.807, 2.05) is 11.9 Å². The van der Waals surface area contributed by atoms with E-state index in [4.69, 9.17) is 0 Å². The Hall–Kier alpha value is -0.610. The first-order chi connectivity index (χ1) is 11.1. The van der Waals surface area contributed by atoms with Gasteiger partial charge in [0.15, 0.2) is 0 Å². The van der Waals surface area contributed by atoms with Gasteiger partial charge in [-0.25, -0.2) is 0 Å². The van der Waals surface area contributed by atoms with Crippen molar-refractivity contribution in [2.45, 2.75) is 63.8 Å². The first-order valence-electron chi connectivity index (χ1n) is 9.83. The highest BCUT2D eigenvalue weighted by Gasteiger charge is 2.49. The summed E-state index contributed by atoms with van der Waals surface area (Å²) < 4.78 is 0. The van der Waals surface area contributed by atoms with E-state index in [2.05, 4.69) is 10.2 Å². The van der Waals surface area contributed by atoms with Crippen LogP contribution in [0.4, 0.5) is 0 Å². The van der Waals surface area contributed by atoms with Crippen LogP contribution in [-0.2, 0) is 4.79 Å². The molecule has 4 nitrogen and oxygen atoms in total. The van der Waals surface area contributed by atoms with Gasteiger partial charge in [-0.05, 0) is 82.8 Å². The van der Waals surface area contributed by atoms with Gasteiger partial charge in [0.1, 0.15) is 0 Å². The van der Waals surface area contributed by atoms with Gasteiger partial charge in [-0.3, -0.25) is 9.69 Å². The maximum Gasteiger partial charge on any atom is 0.229 e. The van der Waals surface area contributed by atoms with Crippen LogP contribution in [0.3, 0.4) is 0 Å². The summed E-state index contributed by atoms with van der Waals surface area (Å²) in [5.74, 6) is 0.428. The van der Waals surface area contributed by atoms with Gasteiger partial charge in [-0.1, -0.05) is 0 Å². The molecule has 1 saturated carbocycles. The number of piperidine rings is 2. The number of likely N-dealkylation sites (tertiary alicyclic amines) is 2. The number of rotatable bonds is 1. The SMILES string of the molecule is CN1CCCC2(CCN(C3CCC4(CCNCC4)CC3)C2)C1=O. The molecule has 0 aromatic rings. The summed E-state index contributed by atoms with van der Waals surface area (Å²) >= 11 is 0. The lowest BCUT2D eigenvalue weighted by atomic mass is 9.67. The first kappa shape index (κ1) is 15.9. The quantitative estimate of drug-likeness (QED) is 0.805. The standard InChI is InChI=1S/C19H33N3O/c1-21-13-2-5-19(17(21)23)10-14-22(15-19)16-3-6-18(7-4-16)8-11-20-12-9-18/h16,20H,2-15H2,1H3. The highest BCUT2D eigenvalue weighted by Crippen LogP contribution is 2.47. The molecule has 4 heteroatoms. The maximum atomic E-state index is 12.7. The normalized spacial score (nSPS) is 36.2. The maximum absolute atomic E-state index is 12.7. The van der Waals surface area contributed by atoms with Crippen molar-refractivity contribution in [1.29, 1.82) is 0 Å². The molecule has 1 unspecified atom stereocenters. The van der Waals surface area contributed by atoms with Crippen molar-refractivity contribution in [3.63, 3.8) is 0 Å². The molecule has 1 atom stereocenters. The Labute approximate surface area is 141 Å². The number of carbonyl (C=O) groups is 1. The second-order valence-corrected chi connectivity index (χ2v) is 8.81. The third kappa shape index (κ3) is 2.82. The molecule has 23 heavy (non-hydrogen) atoms. The molecule has 0 aromatic carbocycles. The number of carbonyl (C=O) groups excluding carboxylic acids is 1. The molecule has 3 heterocycles. The summed E-state index contributed by atoms with van der Waals surface area (Å²) in [5, 5.41) is 3.52. The monoisotopic (exact) mass is 319 g/mol. The Balaban J connectivity index is 1.36. The molecule has 4 fully saturated rings. The van der Waals surface area contributed by atoms with E-state index >= 15 is 0 Å². The van der Waals surface area contributed by atoms with Crippen LogP contribution >= 0.6 is 0 Å². The Kier molecular flexibility index (Phi) is 4.17. The molecule has 0 aromatic heterocycles. The summed E-state index contributed by atoms with van der Waals surface area (Å²) in [6.45, 7) is 5.59. The van der Waals surface area contributed by atoms with Crippen LogP contribution in [0.2, 0.25) is 0 Å². The lowest BCUT2D eigenvalue weighted by Gasteiger charge is -2.45. The molecule has 1 amide bonds. The Morgan fingerprint density at radius 1 is 1.00 bits per heavy atom. The molecule has 2 spiro atoms. The minimum absolute atomic E-state index is 0.0309. The van der Waals surface area contributed by atoms with E-state index in [1.54, 1.807) is 0 Å². The number of amides is 1. The van der Waals surface area contributed by atoms with Crippen LogP contribution in [0.15, 0.2) is 0 Å². The number of nitrogens with one attached hydrogen (secondary N) is 1. The van der Waals surface area contributed by atoms with Crippen LogP contribution in [0.25, 0.3) is 0 Å². The fourth-order valence-corrected chi connectivity index (χ4v) is 5.90. The smallest absolute Gasteiger partial charge is 0.229 e. The predicted octanol–water partition coefficient (Wildman–Crippen LogP) is 2.24. The fourth-order valence-electron chi connectivity index (χ4n) is 5.90. The topological polar surface area (TPSA) is 35.6 Å². The fraction of sp³-hybridized carbons (Fsp3) is 0.947. The number of hydrogen-bond donors (Lipinski definition) is 1. The molecule has 1 aliphatic carbocycles. The first-order valence-corrected chi connectivity index (χ1v) is 9.83.